The summed E-state index contributed by atoms with van der Waals surface area (Å²) in [6.07, 6.45) is 6.11. The SMILES string of the molecule is COc1cccc(CC(=O)N2CCC(c3nccn3Cc3ccc(C(C)C)cc3)CC2)c1OC. The molecule has 0 bridgehead atoms. The first kappa shape index (κ1) is 23.9. The molecular weight excluding hydrogens is 426 g/mol. The van der Waals surface area contributed by atoms with Crippen molar-refractivity contribution in [2.24, 2.45) is 0 Å². The highest BCUT2D eigenvalue weighted by Crippen LogP contribution is 2.32. The fourth-order valence-electron chi connectivity index (χ4n) is 4.77. The molecule has 3 aromatic rings. The molecule has 1 saturated heterocycles. The van der Waals surface area contributed by atoms with Crippen LogP contribution in [0.5, 0.6) is 11.5 Å². The van der Waals surface area contributed by atoms with Gasteiger partial charge >= 0.3 is 0 Å². The van der Waals surface area contributed by atoms with Crippen LogP contribution in [0.2, 0.25) is 0 Å². The minimum absolute atomic E-state index is 0.124. The molecule has 1 aliphatic rings. The van der Waals surface area contributed by atoms with Crippen molar-refractivity contribution < 1.29 is 14.3 Å². The van der Waals surface area contributed by atoms with E-state index in [1.165, 1.54) is 11.1 Å². The number of methoxy groups -OCH3 is 2. The molecule has 34 heavy (non-hydrogen) atoms. The Bertz CT molecular complexity index is 1100. The number of amides is 1. The fraction of sp³-hybridized carbons (Fsp3) is 0.429. The number of hydrogen-bond acceptors (Lipinski definition) is 4. The van der Waals surface area contributed by atoms with Gasteiger partial charge in [-0.25, -0.2) is 4.98 Å². The highest BCUT2D eigenvalue weighted by Gasteiger charge is 2.27. The number of carbonyl (C=O) groups excluding carboxylic acids is 1. The van der Waals surface area contributed by atoms with Crippen molar-refractivity contribution >= 4 is 5.91 Å². The Morgan fingerprint density at radius 3 is 2.44 bits per heavy atom. The number of benzene rings is 2. The lowest BCUT2D eigenvalue weighted by atomic mass is 9.95. The van der Waals surface area contributed by atoms with E-state index in [2.05, 4.69) is 48.9 Å². The van der Waals surface area contributed by atoms with Gasteiger partial charge in [-0.1, -0.05) is 50.2 Å². The van der Waals surface area contributed by atoms with E-state index in [4.69, 9.17) is 14.5 Å². The second-order valence-electron chi connectivity index (χ2n) is 9.29. The summed E-state index contributed by atoms with van der Waals surface area (Å²) in [6, 6.07) is 14.5. The molecule has 1 aliphatic heterocycles. The van der Waals surface area contributed by atoms with Gasteiger partial charge < -0.3 is 18.9 Å². The van der Waals surface area contributed by atoms with E-state index in [-0.39, 0.29) is 5.91 Å². The average molecular weight is 462 g/mol. The molecule has 1 amide bonds. The summed E-state index contributed by atoms with van der Waals surface area (Å²) in [7, 11) is 3.22. The molecule has 1 fully saturated rings. The predicted molar refractivity (Wildman–Crippen MR) is 134 cm³/mol. The van der Waals surface area contributed by atoms with Gasteiger partial charge in [-0.2, -0.15) is 0 Å². The van der Waals surface area contributed by atoms with Crippen LogP contribution < -0.4 is 9.47 Å². The minimum Gasteiger partial charge on any atom is -0.493 e. The van der Waals surface area contributed by atoms with Crippen LogP contribution >= 0.6 is 0 Å². The Hall–Kier alpha value is -3.28. The number of likely N-dealkylation sites (tertiary alicyclic amines) is 1. The third-order valence-corrected chi connectivity index (χ3v) is 6.79. The molecule has 0 N–H and O–H groups in total. The Kier molecular flexibility index (Phi) is 7.56. The van der Waals surface area contributed by atoms with E-state index >= 15 is 0 Å². The van der Waals surface area contributed by atoms with E-state index in [0.29, 0.717) is 29.8 Å². The van der Waals surface area contributed by atoms with Gasteiger partial charge in [-0.15, -0.1) is 0 Å². The van der Waals surface area contributed by atoms with Crippen molar-refractivity contribution in [1.29, 1.82) is 0 Å². The number of nitrogens with zero attached hydrogens (tertiary/aromatic N) is 3. The lowest BCUT2D eigenvalue weighted by Gasteiger charge is -2.32. The van der Waals surface area contributed by atoms with Crippen LogP contribution in [-0.4, -0.2) is 47.7 Å². The molecular formula is C28H35N3O3. The van der Waals surface area contributed by atoms with Gasteiger partial charge in [-0.3, -0.25) is 4.79 Å². The maximum atomic E-state index is 13.0. The van der Waals surface area contributed by atoms with Crippen LogP contribution in [-0.2, 0) is 17.8 Å². The third-order valence-electron chi connectivity index (χ3n) is 6.79. The largest absolute Gasteiger partial charge is 0.493 e. The molecule has 2 heterocycles. The fourth-order valence-corrected chi connectivity index (χ4v) is 4.77. The molecule has 0 aliphatic carbocycles. The molecule has 6 heteroatoms. The van der Waals surface area contributed by atoms with Crippen molar-refractivity contribution in [3.63, 3.8) is 0 Å². The number of rotatable bonds is 8. The minimum atomic E-state index is 0.124. The van der Waals surface area contributed by atoms with Gasteiger partial charge in [0.05, 0.1) is 20.6 Å². The normalized spacial score (nSPS) is 14.4. The third kappa shape index (κ3) is 5.27. The zero-order chi connectivity index (χ0) is 24.1. The van der Waals surface area contributed by atoms with Crippen LogP contribution in [0.25, 0.3) is 0 Å². The summed E-state index contributed by atoms with van der Waals surface area (Å²) >= 11 is 0. The number of para-hydroxylation sites is 1. The van der Waals surface area contributed by atoms with Gasteiger partial charge in [0.15, 0.2) is 11.5 Å². The first-order valence-corrected chi connectivity index (χ1v) is 12.1. The van der Waals surface area contributed by atoms with E-state index in [9.17, 15) is 4.79 Å². The Labute approximate surface area is 202 Å². The summed E-state index contributed by atoms with van der Waals surface area (Å²) < 4.78 is 13.1. The predicted octanol–water partition coefficient (Wildman–Crippen LogP) is 5.02. The molecule has 0 saturated carbocycles. The Morgan fingerprint density at radius 2 is 1.79 bits per heavy atom. The number of imidazole rings is 1. The van der Waals surface area contributed by atoms with Crippen molar-refractivity contribution in [1.82, 2.24) is 14.5 Å². The lowest BCUT2D eigenvalue weighted by Crippen LogP contribution is -2.39. The molecule has 0 radical (unpaired) electrons. The summed E-state index contributed by atoms with van der Waals surface area (Å²) in [5.41, 5.74) is 3.50. The van der Waals surface area contributed by atoms with Gasteiger partial charge in [0, 0.05) is 43.5 Å². The van der Waals surface area contributed by atoms with Crippen molar-refractivity contribution in [2.45, 2.75) is 51.5 Å². The van der Waals surface area contributed by atoms with Gasteiger partial charge in [0.1, 0.15) is 5.82 Å². The summed E-state index contributed by atoms with van der Waals surface area (Å²) in [4.78, 5) is 19.7. The van der Waals surface area contributed by atoms with Crippen LogP contribution in [0.4, 0.5) is 0 Å². The van der Waals surface area contributed by atoms with E-state index in [1.54, 1.807) is 14.2 Å². The summed E-state index contributed by atoms with van der Waals surface area (Å²) in [5.74, 6) is 3.43. The van der Waals surface area contributed by atoms with Crippen molar-refractivity contribution in [3.8, 4) is 11.5 Å². The number of carbonyl (C=O) groups is 1. The summed E-state index contributed by atoms with van der Waals surface area (Å²) in [5, 5.41) is 0. The standard InChI is InChI=1S/C28H35N3O3/c1-20(2)22-10-8-21(9-11-22)19-31-17-14-29-28(31)23-12-15-30(16-13-23)26(32)18-24-6-5-7-25(33-3)27(24)34-4/h5-11,14,17,20,23H,12-13,15-16,18-19H2,1-4H3. The molecule has 6 nitrogen and oxygen atoms in total. The van der Waals surface area contributed by atoms with E-state index in [0.717, 1.165) is 43.9 Å². The maximum Gasteiger partial charge on any atom is 0.227 e. The number of ether oxygens (including phenoxy) is 2. The highest BCUT2D eigenvalue weighted by atomic mass is 16.5. The number of piperidine rings is 1. The first-order valence-electron chi connectivity index (χ1n) is 12.1. The van der Waals surface area contributed by atoms with E-state index in [1.807, 2.05) is 29.3 Å². The van der Waals surface area contributed by atoms with Crippen LogP contribution in [0.15, 0.2) is 54.9 Å². The van der Waals surface area contributed by atoms with Crippen LogP contribution in [0, 0.1) is 0 Å². The Morgan fingerprint density at radius 1 is 1.06 bits per heavy atom. The molecule has 1 aromatic heterocycles. The smallest absolute Gasteiger partial charge is 0.227 e. The van der Waals surface area contributed by atoms with E-state index < -0.39 is 0 Å². The van der Waals surface area contributed by atoms with Crippen molar-refractivity contribution in [3.05, 3.63) is 77.4 Å². The second-order valence-corrected chi connectivity index (χ2v) is 9.29. The first-order chi connectivity index (χ1) is 16.5. The lowest BCUT2D eigenvalue weighted by molar-refractivity contribution is -0.131. The molecule has 4 rings (SSSR count). The zero-order valence-electron chi connectivity index (χ0n) is 20.7. The average Bonchev–Trinajstić information content (AvgIpc) is 3.32. The zero-order valence-corrected chi connectivity index (χ0v) is 20.7. The maximum absolute atomic E-state index is 13.0. The molecule has 2 aromatic carbocycles. The number of hydrogen-bond donors (Lipinski definition) is 0. The molecule has 0 unspecified atom stereocenters. The quantitative estimate of drug-likeness (QED) is 0.473. The van der Waals surface area contributed by atoms with Gasteiger partial charge in [0.25, 0.3) is 0 Å². The van der Waals surface area contributed by atoms with Crippen LogP contribution in [0.3, 0.4) is 0 Å². The highest BCUT2D eigenvalue weighted by molar-refractivity contribution is 5.80. The topological polar surface area (TPSA) is 56.6 Å². The summed E-state index contributed by atoms with van der Waals surface area (Å²) in [6.45, 7) is 6.74. The van der Waals surface area contributed by atoms with Gasteiger partial charge in [-0.05, 0) is 36.0 Å². The molecule has 0 atom stereocenters. The molecule has 180 valence electrons. The van der Waals surface area contributed by atoms with Crippen LogP contribution in [0.1, 0.15) is 61.0 Å². The number of aromatic nitrogens is 2. The van der Waals surface area contributed by atoms with Crippen molar-refractivity contribution in [2.75, 3.05) is 27.3 Å². The second kappa shape index (κ2) is 10.8. The Balaban J connectivity index is 1.37. The monoisotopic (exact) mass is 461 g/mol. The molecule has 0 spiro atoms. The van der Waals surface area contributed by atoms with Gasteiger partial charge in [0.2, 0.25) is 5.91 Å².